The Balaban J connectivity index is 1.57. The normalized spacial score (nSPS) is 14.6. The molecular formula is C34H33ClN2O6S. The van der Waals surface area contributed by atoms with Gasteiger partial charge in [-0.25, -0.2) is 9.79 Å². The lowest BCUT2D eigenvalue weighted by Crippen LogP contribution is -2.40. The molecule has 0 N–H and O–H groups in total. The van der Waals surface area contributed by atoms with Gasteiger partial charge in [-0.15, -0.1) is 0 Å². The first-order chi connectivity index (χ1) is 21.2. The van der Waals surface area contributed by atoms with Gasteiger partial charge in [-0.05, 0) is 86.4 Å². The van der Waals surface area contributed by atoms with Gasteiger partial charge in [0.2, 0.25) is 0 Å². The SMILES string of the molecule is CCOC(=O)C1=C(C)N=c2s/c(=C/c3ccc(OCc4ccc(Cl)cc4)c(OCC)c3)c(=O)n2[C@H]1c1ccc(C)c(OC)c1. The summed E-state index contributed by atoms with van der Waals surface area (Å²) in [5.41, 5.74) is 3.94. The minimum atomic E-state index is -0.732. The van der Waals surface area contributed by atoms with Crippen LogP contribution in [-0.4, -0.2) is 30.9 Å². The first-order valence-electron chi connectivity index (χ1n) is 14.2. The van der Waals surface area contributed by atoms with Crippen LogP contribution in [0.5, 0.6) is 17.2 Å². The van der Waals surface area contributed by atoms with Crippen molar-refractivity contribution >= 4 is 35.0 Å². The predicted molar refractivity (Wildman–Crippen MR) is 172 cm³/mol. The van der Waals surface area contributed by atoms with Gasteiger partial charge in [-0.3, -0.25) is 9.36 Å². The van der Waals surface area contributed by atoms with Crippen molar-refractivity contribution < 1.29 is 23.7 Å². The summed E-state index contributed by atoms with van der Waals surface area (Å²) in [4.78, 5) is 32.4. The van der Waals surface area contributed by atoms with Gasteiger partial charge in [-0.2, -0.15) is 0 Å². The standard InChI is InChI=1S/C34H33ClN2O6S/c1-6-41-28-16-23(11-15-26(28)43-19-22-9-13-25(35)14-10-22)17-29-32(38)37-31(24-12-8-20(3)27(18-24)40-5)30(33(39)42-7-2)21(4)36-34(37)44-29/h8-18,31H,6-7,19H2,1-5H3/b29-17+/t31-/m0/s1. The third-order valence-electron chi connectivity index (χ3n) is 7.14. The van der Waals surface area contributed by atoms with Gasteiger partial charge in [0.05, 0.1) is 42.2 Å². The number of carbonyl (C=O) groups is 1. The molecule has 0 saturated carbocycles. The van der Waals surface area contributed by atoms with E-state index < -0.39 is 12.0 Å². The molecule has 1 aliphatic heterocycles. The Labute approximate surface area is 264 Å². The second-order valence-corrected chi connectivity index (χ2v) is 11.5. The number of rotatable bonds is 10. The number of thiazole rings is 1. The van der Waals surface area contributed by atoms with Crippen LogP contribution in [0.15, 0.2) is 81.7 Å². The molecule has 1 aliphatic rings. The highest BCUT2D eigenvalue weighted by Crippen LogP contribution is 2.34. The Morgan fingerprint density at radius 1 is 0.977 bits per heavy atom. The van der Waals surface area contributed by atoms with Gasteiger partial charge in [0.1, 0.15) is 12.4 Å². The van der Waals surface area contributed by atoms with Crippen molar-refractivity contribution in [2.45, 2.75) is 40.3 Å². The van der Waals surface area contributed by atoms with E-state index in [4.69, 9.17) is 30.5 Å². The Kier molecular flexibility index (Phi) is 9.56. The summed E-state index contributed by atoms with van der Waals surface area (Å²) in [5, 5.41) is 0.663. The minimum absolute atomic E-state index is 0.200. The molecule has 5 rings (SSSR count). The number of hydrogen-bond donors (Lipinski definition) is 0. The van der Waals surface area contributed by atoms with Crippen molar-refractivity contribution in [3.8, 4) is 17.2 Å². The first-order valence-corrected chi connectivity index (χ1v) is 15.4. The fourth-order valence-corrected chi connectivity index (χ4v) is 6.18. The molecule has 8 nitrogen and oxygen atoms in total. The maximum atomic E-state index is 14.0. The fraction of sp³-hybridized carbons (Fsp3) is 0.265. The molecule has 0 aliphatic carbocycles. The van der Waals surface area contributed by atoms with Crippen molar-refractivity contribution in [2.24, 2.45) is 4.99 Å². The number of nitrogens with zero attached hydrogens (tertiary/aromatic N) is 2. The molecule has 0 fully saturated rings. The van der Waals surface area contributed by atoms with E-state index >= 15 is 0 Å². The van der Waals surface area contributed by atoms with Gasteiger partial charge in [0.25, 0.3) is 5.56 Å². The third kappa shape index (κ3) is 6.44. The zero-order valence-corrected chi connectivity index (χ0v) is 26.8. The minimum Gasteiger partial charge on any atom is -0.496 e. The van der Waals surface area contributed by atoms with Gasteiger partial charge in [-0.1, -0.05) is 53.3 Å². The topological polar surface area (TPSA) is 88.4 Å². The summed E-state index contributed by atoms with van der Waals surface area (Å²) in [5.74, 6) is 1.30. The Bertz CT molecular complexity index is 1910. The molecule has 2 heterocycles. The van der Waals surface area contributed by atoms with E-state index in [1.807, 2.05) is 74.5 Å². The number of benzene rings is 3. The van der Waals surface area contributed by atoms with E-state index in [0.717, 1.165) is 22.3 Å². The van der Waals surface area contributed by atoms with Crippen molar-refractivity contribution in [1.29, 1.82) is 0 Å². The molecule has 44 heavy (non-hydrogen) atoms. The molecule has 0 amide bonds. The molecule has 0 radical (unpaired) electrons. The van der Waals surface area contributed by atoms with E-state index in [2.05, 4.69) is 4.99 Å². The second-order valence-electron chi connectivity index (χ2n) is 10.1. The van der Waals surface area contributed by atoms with Crippen LogP contribution < -0.4 is 29.1 Å². The fourth-order valence-electron chi connectivity index (χ4n) is 5.01. The Morgan fingerprint density at radius 3 is 2.45 bits per heavy atom. The quantitative estimate of drug-likeness (QED) is 0.207. The number of hydrogen-bond acceptors (Lipinski definition) is 8. The third-order valence-corrected chi connectivity index (χ3v) is 8.37. The number of ether oxygens (including phenoxy) is 4. The predicted octanol–water partition coefficient (Wildman–Crippen LogP) is 5.75. The molecule has 228 valence electrons. The van der Waals surface area contributed by atoms with Crippen LogP contribution in [-0.2, 0) is 16.1 Å². The van der Waals surface area contributed by atoms with Gasteiger partial charge < -0.3 is 18.9 Å². The zero-order chi connectivity index (χ0) is 31.4. The molecule has 3 aromatic carbocycles. The molecule has 0 unspecified atom stereocenters. The number of halogens is 1. The van der Waals surface area contributed by atoms with E-state index in [1.54, 1.807) is 31.6 Å². The summed E-state index contributed by atoms with van der Waals surface area (Å²) >= 11 is 7.26. The lowest BCUT2D eigenvalue weighted by molar-refractivity contribution is -0.139. The summed E-state index contributed by atoms with van der Waals surface area (Å²) < 4.78 is 24.9. The number of aromatic nitrogens is 1. The number of esters is 1. The number of allylic oxidation sites excluding steroid dienone is 1. The van der Waals surface area contributed by atoms with Crippen LogP contribution in [0, 0.1) is 6.92 Å². The first kappa shape index (κ1) is 31.1. The smallest absolute Gasteiger partial charge is 0.338 e. The molecule has 1 atom stereocenters. The molecule has 0 bridgehead atoms. The van der Waals surface area contributed by atoms with Crippen LogP contribution in [0.2, 0.25) is 5.02 Å². The lowest BCUT2D eigenvalue weighted by atomic mass is 9.95. The summed E-state index contributed by atoms with van der Waals surface area (Å²) in [6, 6.07) is 17.9. The highest BCUT2D eigenvalue weighted by molar-refractivity contribution is 7.07. The van der Waals surface area contributed by atoms with E-state index in [1.165, 1.54) is 11.3 Å². The van der Waals surface area contributed by atoms with Crippen LogP contribution in [0.1, 0.15) is 49.1 Å². The average molecular weight is 633 g/mol. The van der Waals surface area contributed by atoms with Crippen LogP contribution >= 0.6 is 22.9 Å². The monoisotopic (exact) mass is 632 g/mol. The zero-order valence-electron chi connectivity index (χ0n) is 25.2. The molecule has 0 spiro atoms. The molecule has 10 heteroatoms. The van der Waals surface area contributed by atoms with E-state index in [0.29, 0.717) is 56.1 Å². The van der Waals surface area contributed by atoms with Crippen LogP contribution in [0.4, 0.5) is 0 Å². The van der Waals surface area contributed by atoms with Crippen LogP contribution in [0.25, 0.3) is 6.08 Å². The number of carbonyl (C=O) groups excluding carboxylic acids is 1. The highest BCUT2D eigenvalue weighted by Gasteiger charge is 2.33. The van der Waals surface area contributed by atoms with Gasteiger partial charge >= 0.3 is 5.97 Å². The van der Waals surface area contributed by atoms with E-state index in [9.17, 15) is 9.59 Å². The summed E-state index contributed by atoms with van der Waals surface area (Å²) in [6.45, 7) is 8.34. The van der Waals surface area contributed by atoms with Crippen molar-refractivity contribution in [3.05, 3.63) is 119 Å². The highest BCUT2D eigenvalue weighted by atomic mass is 35.5. The Morgan fingerprint density at radius 2 is 1.75 bits per heavy atom. The van der Waals surface area contributed by atoms with Crippen molar-refractivity contribution in [3.63, 3.8) is 0 Å². The number of fused-ring (bicyclic) bond motifs is 1. The maximum absolute atomic E-state index is 14.0. The van der Waals surface area contributed by atoms with Crippen molar-refractivity contribution in [2.75, 3.05) is 20.3 Å². The summed E-state index contributed by atoms with van der Waals surface area (Å²) in [6.07, 6.45) is 1.80. The molecule has 4 aromatic rings. The molecule has 0 saturated heterocycles. The largest absolute Gasteiger partial charge is 0.496 e. The van der Waals surface area contributed by atoms with Crippen molar-refractivity contribution in [1.82, 2.24) is 4.57 Å². The molecular weight excluding hydrogens is 600 g/mol. The maximum Gasteiger partial charge on any atom is 0.338 e. The average Bonchev–Trinajstić information content (AvgIpc) is 3.31. The number of aryl methyl sites for hydroxylation is 1. The van der Waals surface area contributed by atoms with Crippen LogP contribution in [0.3, 0.4) is 0 Å². The van der Waals surface area contributed by atoms with Gasteiger partial charge in [0, 0.05) is 5.02 Å². The lowest BCUT2D eigenvalue weighted by Gasteiger charge is -2.25. The van der Waals surface area contributed by atoms with Gasteiger partial charge in [0.15, 0.2) is 16.3 Å². The Hall–Kier alpha value is -4.34. The van der Waals surface area contributed by atoms with E-state index in [-0.39, 0.29) is 12.2 Å². The number of methoxy groups -OCH3 is 1. The second kappa shape index (κ2) is 13.5. The summed E-state index contributed by atoms with van der Waals surface area (Å²) in [7, 11) is 1.59. The molecule has 1 aromatic heterocycles.